The largest absolute Gasteiger partial charge is 0.497 e. The van der Waals surface area contributed by atoms with E-state index in [4.69, 9.17) is 10.5 Å². The smallest absolute Gasteiger partial charge is 0.241 e. The van der Waals surface area contributed by atoms with E-state index in [1.54, 1.807) is 42.5 Å². The number of hydrogen-bond donors (Lipinski definition) is 2. The third-order valence-corrected chi connectivity index (χ3v) is 7.66. The van der Waals surface area contributed by atoms with Crippen LogP contribution in [-0.4, -0.2) is 43.9 Å². The molecule has 3 aromatic carbocycles. The third kappa shape index (κ3) is 4.04. The first-order chi connectivity index (χ1) is 16.4. The van der Waals surface area contributed by atoms with Crippen LogP contribution < -0.4 is 15.2 Å². The van der Waals surface area contributed by atoms with Crippen molar-refractivity contribution < 1.29 is 17.9 Å². The molecule has 1 aliphatic heterocycles. The van der Waals surface area contributed by atoms with Gasteiger partial charge in [-0.1, -0.05) is 30.3 Å². The minimum absolute atomic E-state index is 0.104. The van der Waals surface area contributed by atoms with Gasteiger partial charge in [0, 0.05) is 24.7 Å². The van der Waals surface area contributed by atoms with Crippen LogP contribution >= 0.6 is 0 Å². The number of carbonyl (C=O) groups excluding carboxylic acids is 1. The molecule has 1 fully saturated rings. The Morgan fingerprint density at radius 1 is 1.09 bits per heavy atom. The summed E-state index contributed by atoms with van der Waals surface area (Å²) in [6.07, 6.45) is 2.04. The molecule has 1 saturated heterocycles. The number of amides is 1. The van der Waals surface area contributed by atoms with Gasteiger partial charge < -0.3 is 15.4 Å². The number of ether oxygens (including phenoxy) is 1. The molecular weight excluding hydrogens is 452 g/mol. The van der Waals surface area contributed by atoms with Crippen molar-refractivity contribution in [2.75, 3.05) is 19.4 Å². The highest BCUT2D eigenvalue weighted by molar-refractivity contribution is 7.89. The number of anilines is 1. The van der Waals surface area contributed by atoms with Gasteiger partial charge in [-0.15, -0.1) is 0 Å². The Kier molecular flexibility index (Phi) is 5.59. The minimum atomic E-state index is -3.89. The van der Waals surface area contributed by atoms with Gasteiger partial charge in [-0.05, 0) is 58.5 Å². The van der Waals surface area contributed by atoms with E-state index < -0.39 is 16.1 Å². The van der Waals surface area contributed by atoms with Gasteiger partial charge in [0.25, 0.3) is 0 Å². The zero-order valence-corrected chi connectivity index (χ0v) is 19.4. The molecule has 4 aromatic rings. The Bertz CT molecular complexity index is 1520. The lowest BCUT2D eigenvalue weighted by Gasteiger charge is -2.19. The molecule has 9 heteroatoms. The van der Waals surface area contributed by atoms with Crippen molar-refractivity contribution in [1.82, 2.24) is 14.6 Å². The molecule has 2 heterocycles. The predicted octanol–water partition coefficient (Wildman–Crippen LogP) is 3.06. The number of fused-ring (bicyclic) bond motifs is 2. The van der Waals surface area contributed by atoms with E-state index in [0.717, 1.165) is 27.1 Å². The Labute approximate surface area is 197 Å². The number of hydrogen-bond acceptors (Lipinski definition) is 6. The SMILES string of the molecule is COc1ccc2ccc(S(=O)(=O)NC3CCN(Cc4cccc5ccnc(N)c45)C3=O)cc2c1. The number of aromatic nitrogens is 1. The molecule has 174 valence electrons. The van der Waals surface area contributed by atoms with Crippen LogP contribution in [0.15, 0.2) is 71.8 Å². The van der Waals surface area contributed by atoms with Crippen LogP contribution in [0.3, 0.4) is 0 Å². The molecular formula is C25H24N4O4S. The number of methoxy groups -OCH3 is 1. The van der Waals surface area contributed by atoms with Crippen molar-refractivity contribution >= 4 is 43.3 Å². The van der Waals surface area contributed by atoms with E-state index >= 15 is 0 Å². The van der Waals surface area contributed by atoms with Gasteiger partial charge in [-0.2, -0.15) is 4.72 Å². The first kappa shape index (κ1) is 22.1. The Balaban J connectivity index is 1.35. The molecule has 1 unspecified atom stereocenters. The van der Waals surface area contributed by atoms with Crippen molar-refractivity contribution in [2.24, 2.45) is 0 Å². The Hall–Kier alpha value is -3.69. The number of nitrogens with two attached hydrogens (primary N) is 1. The van der Waals surface area contributed by atoms with Crippen molar-refractivity contribution in [3.63, 3.8) is 0 Å². The second-order valence-electron chi connectivity index (χ2n) is 8.31. The number of benzene rings is 3. The standard InChI is InChI=1S/C25H24N4O4S/c1-33-20-7-5-16-6-8-21(14-19(16)13-20)34(31,32)28-22-10-12-29(25(22)30)15-18-4-2-3-17-9-11-27-24(26)23(17)18/h2-9,11,13-14,22,28H,10,12,15H2,1H3,(H2,26,27). The highest BCUT2D eigenvalue weighted by atomic mass is 32.2. The molecule has 1 atom stereocenters. The number of nitrogen functional groups attached to an aromatic ring is 1. The maximum absolute atomic E-state index is 13.1. The number of pyridine rings is 1. The number of carbonyl (C=O) groups is 1. The number of nitrogens with one attached hydrogen (secondary N) is 1. The summed E-state index contributed by atoms with van der Waals surface area (Å²) in [5.41, 5.74) is 6.96. The lowest BCUT2D eigenvalue weighted by Crippen LogP contribution is -2.41. The summed E-state index contributed by atoms with van der Waals surface area (Å²) in [5.74, 6) is 0.788. The van der Waals surface area contributed by atoms with E-state index in [1.165, 1.54) is 0 Å². The topological polar surface area (TPSA) is 115 Å². The first-order valence-corrected chi connectivity index (χ1v) is 12.3. The first-order valence-electron chi connectivity index (χ1n) is 10.9. The zero-order chi connectivity index (χ0) is 23.9. The van der Waals surface area contributed by atoms with E-state index in [-0.39, 0.29) is 10.8 Å². The van der Waals surface area contributed by atoms with Gasteiger partial charge in [-0.25, -0.2) is 13.4 Å². The van der Waals surface area contributed by atoms with Gasteiger partial charge in [0.1, 0.15) is 17.6 Å². The third-order valence-electron chi connectivity index (χ3n) is 6.19. The fourth-order valence-electron chi connectivity index (χ4n) is 4.43. The molecule has 8 nitrogen and oxygen atoms in total. The van der Waals surface area contributed by atoms with Gasteiger partial charge in [-0.3, -0.25) is 4.79 Å². The molecule has 0 spiro atoms. The number of likely N-dealkylation sites (tertiary alicyclic amines) is 1. The lowest BCUT2D eigenvalue weighted by molar-refractivity contribution is -0.129. The van der Waals surface area contributed by atoms with Gasteiger partial charge in [0.2, 0.25) is 15.9 Å². The fourth-order valence-corrected chi connectivity index (χ4v) is 5.69. The summed E-state index contributed by atoms with van der Waals surface area (Å²) in [7, 11) is -2.33. The van der Waals surface area contributed by atoms with Gasteiger partial charge in [0.15, 0.2) is 0 Å². The Morgan fingerprint density at radius 2 is 1.91 bits per heavy atom. The molecule has 5 rings (SSSR count). The maximum Gasteiger partial charge on any atom is 0.241 e. The molecule has 0 aliphatic carbocycles. The predicted molar refractivity (Wildman–Crippen MR) is 131 cm³/mol. The summed E-state index contributed by atoms with van der Waals surface area (Å²) in [6.45, 7) is 0.775. The number of rotatable bonds is 6. The summed E-state index contributed by atoms with van der Waals surface area (Å²) < 4.78 is 34.0. The summed E-state index contributed by atoms with van der Waals surface area (Å²) in [6, 6.07) is 17.1. The summed E-state index contributed by atoms with van der Waals surface area (Å²) >= 11 is 0. The van der Waals surface area contributed by atoms with Crippen LogP contribution in [0.1, 0.15) is 12.0 Å². The van der Waals surface area contributed by atoms with Crippen molar-refractivity contribution in [3.8, 4) is 5.75 Å². The van der Waals surface area contributed by atoms with Crippen LogP contribution in [0, 0.1) is 0 Å². The monoisotopic (exact) mass is 476 g/mol. The fraction of sp³-hybridized carbons (Fsp3) is 0.200. The van der Waals surface area contributed by atoms with Crippen LogP contribution in [0.25, 0.3) is 21.5 Å². The molecule has 0 radical (unpaired) electrons. The summed E-state index contributed by atoms with van der Waals surface area (Å²) in [5, 5.41) is 3.39. The normalized spacial score (nSPS) is 16.4. The van der Waals surface area contributed by atoms with Crippen molar-refractivity contribution in [3.05, 3.63) is 72.4 Å². The molecule has 1 amide bonds. The molecule has 0 bridgehead atoms. The molecule has 34 heavy (non-hydrogen) atoms. The average Bonchev–Trinajstić information content (AvgIpc) is 3.16. The maximum atomic E-state index is 13.1. The van der Waals surface area contributed by atoms with E-state index in [9.17, 15) is 13.2 Å². The van der Waals surface area contributed by atoms with Crippen LogP contribution in [0.4, 0.5) is 5.82 Å². The van der Waals surface area contributed by atoms with Crippen LogP contribution in [0.5, 0.6) is 5.75 Å². The van der Waals surface area contributed by atoms with Crippen molar-refractivity contribution in [1.29, 1.82) is 0 Å². The second-order valence-corrected chi connectivity index (χ2v) is 10.0. The highest BCUT2D eigenvalue weighted by Crippen LogP contribution is 2.27. The summed E-state index contributed by atoms with van der Waals surface area (Å²) in [4.78, 5) is 19.0. The van der Waals surface area contributed by atoms with E-state index in [1.807, 2.05) is 36.4 Å². The van der Waals surface area contributed by atoms with Crippen LogP contribution in [-0.2, 0) is 21.4 Å². The van der Waals surface area contributed by atoms with E-state index in [2.05, 4.69) is 9.71 Å². The number of sulfonamides is 1. The average molecular weight is 477 g/mol. The van der Waals surface area contributed by atoms with Gasteiger partial charge in [0.05, 0.1) is 12.0 Å². The highest BCUT2D eigenvalue weighted by Gasteiger charge is 2.35. The minimum Gasteiger partial charge on any atom is -0.497 e. The number of nitrogens with zero attached hydrogens (tertiary/aromatic N) is 2. The van der Waals surface area contributed by atoms with E-state index in [0.29, 0.717) is 31.1 Å². The molecule has 3 N–H and O–H groups in total. The lowest BCUT2D eigenvalue weighted by atomic mass is 10.1. The Morgan fingerprint density at radius 3 is 2.74 bits per heavy atom. The van der Waals surface area contributed by atoms with Crippen molar-refractivity contribution in [2.45, 2.75) is 23.9 Å². The quantitative estimate of drug-likeness (QED) is 0.442. The van der Waals surface area contributed by atoms with Gasteiger partial charge >= 0.3 is 0 Å². The second kappa shape index (κ2) is 8.58. The molecule has 1 aliphatic rings. The zero-order valence-electron chi connectivity index (χ0n) is 18.6. The molecule has 1 aromatic heterocycles. The molecule has 0 saturated carbocycles. The van der Waals surface area contributed by atoms with Crippen LogP contribution in [0.2, 0.25) is 0 Å².